The van der Waals surface area contributed by atoms with E-state index in [-0.39, 0.29) is 16.4 Å². The summed E-state index contributed by atoms with van der Waals surface area (Å²) in [6.07, 6.45) is 0.760. The number of benzene rings is 2. The van der Waals surface area contributed by atoms with Crippen LogP contribution in [0.5, 0.6) is 0 Å². The van der Waals surface area contributed by atoms with E-state index in [1.54, 1.807) is 19.1 Å². The van der Waals surface area contributed by atoms with Crippen LogP contribution in [-0.2, 0) is 16.4 Å². The second kappa shape index (κ2) is 9.23. The predicted molar refractivity (Wildman–Crippen MR) is 115 cm³/mol. The van der Waals surface area contributed by atoms with Crippen LogP contribution in [0.2, 0.25) is 0 Å². The van der Waals surface area contributed by atoms with Crippen molar-refractivity contribution in [1.82, 2.24) is 4.31 Å². The van der Waals surface area contributed by atoms with Gasteiger partial charge in [0.25, 0.3) is 5.69 Å². The summed E-state index contributed by atoms with van der Waals surface area (Å²) in [7, 11) is -3.19. The van der Waals surface area contributed by atoms with E-state index in [0.717, 1.165) is 17.7 Å². The summed E-state index contributed by atoms with van der Waals surface area (Å²) in [5.74, 6) is 0.0972. The van der Waals surface area contributed by atoms with E-state index in [4.69, 9.17) is 0 Å². The van der Waals surface area contributed by atoms with Crippen LogP contribution in [0.3, 0.4) is 0 Å². The molecule has 1 heterocycles. The van der Waals surface area contributed by atoms with Crippen LogP contribution in [-0.4, -0.2) is 56.1 Å². The average molecular weight is 419 g/mol. The summed E-state index contributed by atoms with van der Waals surface area (Å²) in [6.45, 7) is 4.18. The summed E-state index contributed by atoms with van der Waals surface area (Å²) in [6, 6.07) is 15.0. The first-order valence-corrected chi connectivity index (χ1v) is 11.3. The van der Waals surface area contributed by atoms with Crippen LogP contribution in [0.1, 0.15) is 12.5 Å². The van der Waals surface area contributed by atoms with Crippen molar-refractivity contribution in [3.63, 3.8) is 0 Å². The molecule has 0 bridgehead atoms. The van der Waals surface area contributed by atoms with Gasteiger partial charge in [0.15, 0.2) is 0 Å². The normalized spacial score (nSPS) is 15.3. The molecule has 8 nitrogen and oxygen atoms in total. The van der Waals surface area contributed by atoms with Crippen LogP contribution >= 0.6 is 0 Å². The van der Waals surface area contributed by atoms with Crippen molar-refractivity contribution >= 4 is 27.1 Å². The molecule has 156 valence electrons. The van der Waals surface area contributed by atoms with E-state index in [9.17, 15) is 18.5 Å². The molecule has 0 radical (unpaired) electrons. The lowest BCUT2D eigenvalue weighted by Crippen LogP contribution is -2.49. The Morgan fingerprint density at radius 3 is 2.38 bits per heavy atom. The lowest BCUT2D eigenvalue weighted by atomic mass is 10.1. The molecule has 0 unspecified atom stereocenters. The summed E-state index contributed by atoms with van der Waals surface area (Å²) in [5.41, 5.74) is 2.53. The maximum atomic E-state index is 12.0. The SMILES string of the molecule is CCS(=O)(=O)N1CCN(c2ccc([N+](=O)[O-])c(NCCc3ccccc3)c2)CC1. The quantitative estimate of drug-likeness (QED) is 0.523. The minimum Gasteiger partial charge on any atom is -0.379 e. The predicted octanol–water partition coefficient (Wildman–Crippen LogP) is 2.72. The van der Waals surface area contributed by atoms with Crippen molar-refractivity contribution < 1.29 is 13.3 Å². The van der Waals surface area contributed by atoms with Gasteiger partial charge in [-0.1, -0.05) is 30.3 Å². The smallest absolute Gasteiger partial charge is 0.292 e. The third-order valence-corrected chi connectivity index (χ3v) is 6.99. The molecule has 1 saturated heterocycles. The van der Waals surface area contributed by atoms with Gasteiger partial charge in [-0.2, -0.15) is 4.31 Å². The molecule has 0 aliphatic carbocycles. The third-order valence-electron chi connectivity index (χ3n) is 5.11. The fraction of sp³-hybridized carbons (Fsp3) is 0.400. The Labute approximate surface area is 171 Å². The number of piperazine rings is 1. The first-order chi connectivity index (χ1) is 13.9. The van der Waals surface area contributed by atoms with Gasteiger partial charge in [0.2, 0.25) is 10.0 Å². The fourth-order valence-electron chi connectivity index (χ4n) is 3.41. The zero-order valence-electron chi connectivity index (χ0n) is 16.5. The van der Waals surface area contributed by atoms with Crippen molar-refractivity contribution in [2.45, 2.75) is 13.3 Å². The molecule has 0 aromatic heterocycles. The Morgan fingerprint density at radius 1 is 1.07 bits per heavy atom. The minimum atomic E-state index is -3.19. The highest BCUT2D eigenvalue weighted by Gasteiger charge is 2.26. The topological polar surface area (TPSA) is 95.8 Å². The Kier molecular flexibility index (Phi) is 6.71. The number of sulfonamides is 1. The van der Waals surface area contributed by atoms with E-state index in [1.165, 1.54) is 10.4 Å². The van der Waals surface area contributed by atoms with Gasteiger partial charge in [0.1, 0.15) is 5.69 Å². The highest BCUT2D eigenvalue weighted by molar-refractivity contribution is 7.89. The summed E-state index contributed by atoms with van der Waals surface area (Å²) in [5, 5.41) is 14.6. The minimum absolute atomic E-state index is 0.0361. The third kappa shape index (κ3) is 5.24. The fourth-order valence-corrected chi connectivity index (χ4v) is 4.50. The molecule has 1 N–H and O–H groups in total. The van der Waals surface area contributed by atoms with Crippen LogP contribution < -0.4 is 10.2 Å². The van der Waals surface area contributed by atoms with Gasteiger partial charge < -0.3 is 10.2 Å². The number of anilines is 2. The van der Waals surface area contributed by atoms with Crippen molar-refractivity contribution in [1.29, 1.82) is 0 Å². The molecule has 2 aromatic carbocycles. The molecule has 29 heavy (non-hydrogen) atoms. The van der Waals surface area contributed by atoms with Crippen molar-refractivity contribution in [2.75, 3.05) is 48.7 Å². The second-order valence-corrected chi connectivity index (χ2v) is 9.17. The first-order valence-electron chi connectivity index (χ1n) is 9.69. The van der Waals surface area contributed by atoms with Gasteiger partial charge in [-0.15, -0.1) is 0 Å². The monoisotopic (exact) mass is 418 g/mol. The van der Waals surface area contributed by atoms with Gasteiger partial charge in [-0.25, -0.2) is 8.42 Å². The molecule has 1 aliphatic rings. The number of hydrogen-bond acceptors (Lipinski definition) is 6. The number of rotatable bonds is 8. The summed E-state index contributed by atoms with van der Waals surface area (Å²) >= 11 is 0. The van der Waals surface area contributed by atoms with E-state index in [1.807, 2.05) is 30.3 Å². The van der Waals surface area contributed by atoms with Crippen LogP contribution in [0.4, 0.5) is 17.1 Å². The average Bonchev–Trinajstić information content (AvgIpc) is 2.74. The van der Waals surface area contributed by atoms with E-state index in [2.05, 4.69) is 10.2 Å². The van der Waals surface area contributed by atoms with Gasteiger partial charge >= 0.3 is 0 Å². The molecule has 3 rings (SSSR count). The molecule has 1 fully saturated rings. The molecular formula is C20H26N4O4S. The molecule has 0 amide bonds. The Balaban J connectivity index is 1.69. The zero-order valence-corrected chi connectivity index (χ0v) is 17.3. The standard InChI is InChI=1S/C20H26N4O4S/c1-2-29(27,28)23-14-12-22(13-15-23)18-8-9-20(24(25)26)19(16-18)21-11-10-17-6-4-3-5-7-17/h3-9,16,21H,2,10-15H2,1H3. The number of hydrogen-bond donors (Lipinski definition) is 1. The zero-order chi connectivity index (χ0) is 20.9. The van der Waals surface area contributed by atoms with Crippen molar-refractivity contribution in [3.8, 4) is 0 Å². The highest BCUT2D eigenvalue weighted by Crippen LogP contribution is 2.30. The van der Waals surface area contributed by atoms with Crippen LogP contribution in [0, 0.1) is 10.1 Å². The van der Waals surface area contributed by atoms with E-state index in [0.29, 0.717) is 38.4 Å². The Hall–Kier alpha value is -2.65. The molecular weight excluding hydrogens is 392 g/mol. The van der Waals surface area contributed by atoms with E-state index >= 15 is 0 Å². The lowest BCUT2D eigenvalue weighted by molar-refractivity contribution is -0.383. The van der Waals surface area contributed by atoms with Gasteiger partial charge in [0, 0.05) is 44.5 Å². The molecule has 1 aliphatic heterocycles. The number of nitrogens with zero attached hydrogens (tertiary/aromatic N) is 3. The largest absolute Gasteiger partial charge is 0.379 e. The van der Waals surface area contributed by atoms with Crippen LogP contribution in [0.25, 0.3) is 0 Å². The highest BCUT2D eigenvalue weighted by atomic mass is 32.2. The maximum Gasteiger partial charge on any atom is 0.292 e. The second-order valence-electron chi connectivity index (χ2n) is 6.91. The van der Waals surface area contributed by atoms with Crippen molar-refractivity contribution in [2.24, 2.45) is 0 Å². The Morgan fingerprint density at radius 2 is 1.76 bits per heavy atom. The molecule has 0 saturated carbocycles. The number of nitrogens with one attached hydrogen (secondary N) is 1. The summed E-state index contributed by atoms with van der Waals surface area (Å²) in [4.78, 5) is 13.1. The van der Waals surface area contributed by atoms with Crippen LogP contribution in [0.15, 0.2) is 48.5 Å². The van der Waals surface area contributed by atoms with Crippen molar-refractivity contribution in [3.05, 3.63) is 64.2 Å². The molecule has 9 heteroatoms. The number of nitro groups is 1. The molecule has 0 atom stereocenters. The Bertz CT molecular complexity index is 942. The van der Waals surface area contributed by atoms with Gasteiger partial charge in [-0.05, 0) is 31.0 Å². The number of nitro benzene ring substituents is 1. The lowest BCUT2D eigenvalue weighted by Gasteiger charge is -2.35. The van der Waals surface area contributed by atoms with Gasteiger partial charge in [0.05, 0.1) is 10.7 Å². The maximum absolute atomic E-state index is 12.0. The summed E-state index contributed by atoms with van der Waals surface area (Å²) < 4.78 is 25.6. The first kappa shape index (κ1) is 21.1. The van der Waals surface area contributed by atoms with E-state index < -0.39 is 10.0 Å². The molecule has 0 spiro atoms. The molecule has 2 aromatic rings. The van der Waals surface area contributed by atoms with Gasteiger partial charge in [-0.3, -0.25) is 10.1 Å².